The highest BCUT2D eigenvalue weighted by molar-refractivity contribution is 7.99. The number of carbonyl (C=O) groups excluding carboxylic acids is 1. The first-order chi connectivity index (χ1) is 16.4. The Morgan fingerprint density at radius 3 is 2.62 bits per heavy atom. The van der Waals surface area contributed by atoms with Gasteiger partial charge in [0, 0.05) is 43.0 Å². The average Bonchev–Trinajstić information content (AvgIpc) is 3.32. The number of carbonyl (C=O) groups is 1. The van der Waals surface area contributed by atoms with Crippen LogP contribution < -0.4 is 15.0 Å². The maximum atomic E-state index is 14.1. The number of benzene rings is 2. The summed E-state index contributed by atoms with van der Waals surface area (Å²) >= 11 is 1.16. The summed E-state index contributed by atoms with van der Waals surface area (Å²) in [5.74, 6) is 0.692. The number of aromatic nitrogens is 2. The van der Waals surface area contributed by atoms with Gasteiger partial charge in [-0.15, -0.1) is 10.2 Å². The van der Waals surface area contributed by atoms with Crippen LogP contribution in [0.25, 0.3) is 11.5 Å². The molecule has 0 saturated carbocycles. The number of ether oxygens (including phenoxy) is 1. The molecule has 4 rings (SSSR count). The zero-order valence-electron chi connectivity index (χ0n) is 19.5. The highest BCUT2D eigenvalue weighted by Gasteiger charge is 2.21. The topological polar surface area (TPSA) is 83.7 Å². The molecule has 0 spiro atoms. The molecule has 0 radical (unpaired) electrons. The maximum absolute atomic E-state index is 14.1. The zero-order chi connectivity index (χ0) is 24.1. The molecule has 8 nitrogen and oxygen atoms in total. The van der Waals surface area contributed by atoms with Gasteiger partial charge in [0.15, 0.2) is 0 Å². The maximum Gasteiger partial charge on any atom is 0.277 e. The molecule has 1 aliphatic heterocycles. The third kappa shape index (κ3) is 5.87. The van der Waals surface area contributed by atoms with E-state index >= 15 is 0 Å². The van der Waals surface area contributed by atoms with Gasteiger partial charge in [0.05, 0.1) is 18.9 Å². The molecule has 1 fully saturated rings. The number of thioether (sulfide) groups is 1. The van der Waals surface area contributed by atoms with Crippen molar-refractivity contribution >= 4 is 23.4 Å². The predicted octanol–water partition coefficient (Wildman–Crippen LogP) is 3.61. The molecule has 10 heteroatoms. The molecule has 0 aliphatic carbocycles. The first-order valence-electron chi connectivity index (χ1n) is 11.1. The molecular formula is C24H28FN5O3S. The molecule has 1 N–H and O–H groups in total. The van der Waals surface area contributed by atoms with Gasteiger partial charge in [0.2, 0.25) is 11.8 Å². The lowest BCUT2D eigenvalue weighted by molar-refractivity contribution is -0.119. The van der Waals surface area contributed by atoms with Crippen molar-refractivity contribution in [2.45, 2.75) is 18.2 Å². The number of methoxy groups -OCH3 is 1. The minimum atomic E-state index is -0.351. The SMILES string of the molecule is COc1ccc(-c2nnc(SCC(=O)N[C@@H](C)c3cc(F)ccc3N3CCN(C)CC3)o2)cc1. The smallest absolute Gasteiger partial charge is 0.277 e. The number of likely N-dealkylation sites (N-methyl/N-ethyl adjacent to an activating group) is 1. The summed E-state index contributed by atoms with van der Waals surface area (Å²) in [5, 5.41) is 11.3. The van der Waals surface area contributed by atoms with Gasteiger partial charge >= 0.3 is 0 Å². The van der Waals surface area contributed by atoms with Crippen molar-refractivity contribution in [1.29, 1.82) is 0 Å². The minimum absolute atomic E-state index is 0.105. The van der Waals surface area contributed by atoms with Crippen LogP contribution in [-0.2, 0) is 4.79 Å². The van der Waals surface area contributed by atoms with E-state index in [9.17, 15) is 9.18 Å². The van der Waals surface area contributed by atoms with Gasteiger partial charge < -0.3 is 24.3 Å². The molecule has 1 aromatic heterocycles. The van der Waals surface area contributed by atoms with Crippen molar-refractivity contribution in [2.75, 3.05) is 51.0 Å². The molecular weight excluding hydrogens is 457 g/mol. The fourth-order valence-corrected chi connectivity index (χ4v) is 4.39. The number of anilines is 1. The third-order valence-corrected chi connectivity index (χ3v) is 6.57. The van der Waals surface area contributed by atoms with Crippen molar-refractivity contribution in [1.82, 2.24) is 20.4 Å². The van der Waals surface area contributed by atoms with Crippen LogP contribution in [0.3, 0.4) is 0 Å². The van der Waals surface area contributed by atoms with Crippen molar-refractivity contribution in [2.24, 2.45) is 0 Å². The lowest BCUT2D eigenvalue weighted by Gasteiger charge is -2.36. The fraction of sp³-hybridized carbons (Fsp3) is 0.375. The van der Waals surface area contributed by atoms with Crippen LogP contribution in [0.2, 0.25) is 0 Å². The van der Waals surface area contributed by atoms with Gasteiger partial charge in [-0.3, -0.25) is 4.79 Å². The minimum Gasteiger partial charge on any atom is -0.497 e. The highest BCUT2D eigenvalue weighted by Crippen LogP contribution is 2.29. The third-order valence-electron chi connectivity index (χ3n) is 5.75. The molecule has 3 aromatic rings. The first-order valence-corrected chi connectivity index (χ1v) is 12.0. The van der Waals surface area contributed by atoms with Crippen molar-refractivity contribution in [3.63, 3.8) is 0 Å². The van der Waals surface area contributed by atoms with Crippen molar-refractivity contribution in [3.8, 4) is 17.2 Å². The zero-order valence-corrected chi connectivity index (χ0v) is 20.3. The summed E-state index contributed by atoms with van der Waals surface area (Å²) in [7, 11) is 3.69. The van der Waals surface area contributed by atoms with E-state index in [1.165, 1.54) is 12.1 Å². The van der Waals surface area contributed by atoms with Gasteiger partial charge in [0.1, 0.15) is 11.6 Å². The molecule has 0 bridgehead atoms. The highest BCUT2D eigenvalue weighted by atomic mass is 32.2. The Labute approximate surface area is 202 Å². The van der Waals surface area contributed by atoms with E-state index < -0.39 is 0 Å². The Kier molecular flexibility index (Phi) is 7.69. The van der Waals surface area contributed by atoms with Gasteiger partial charge in [-0.2, -0.15) is 0 Å². The fourth-order valence-electron chi connectivity index (χ4n) is 3.81. The van der Waals surface area contributed by atoms with Crippen molar-refractivity contribution in [3.05, 3.63) is 53.8 Å². The molecule has 1 amide bonds. The van der Waals surface area contributed by atoms with Gasteiger partial charge in [-0.1, -0.05) is 11.8 Å². The van der Waals surface area contributed by atoms with E-state index in [4.69, 9.17) is 9.15 Å². The van der Waals surface area contributed by atoms with Crippen LogP contribution in [-0.4, -0.2) is 67.1 Å². The largest absolute Gasteiger partial charge is 0.497 e. The second-order valence-corrected chi connectivity index (χ2v) is 9.10. The molecule has 0 unspecified atom stereocenters. The predicted molar refractivity (Wildman–Crippen MR) is 130 cm³/mol. The number of amides is 1. The summed E-state index contributed by atoms with van der Waals surface area (Å²) in [5.41, 5.74) is 2.49. The number of nitrogens with one attached hydrogen (secondary N) is 1. The standard InChI is InChI=1S/C24H28FN5O3S/c1-16(20-14-18(25)6-9-21(20)30-12-10-29(2)11-13-30)26-22(31)15-34-24-28-27-23(33-24)17-4-7-19(32-3)8-5-17/h4-9,14,16H,10-13,15H2,1-3H3,(H,26,31)/t16-/m0/s1. The Balaban J connectivity index is 1.35. The normalized spacial score (nSPS) is 15.2. The van der Waals surface area contributed by atoms with E-state index in [0.29, 0.717) is 11.1 Å². The van der Waals surface area contributed by atoms with E-state index in [-0.39, 0.29) is 23.5 Å². The molecule has 34 heavy (non-hydrogen) atoms. The van der Waals surface area contributed by atoms with Crippen LogP contribution in [0.1, 0.15) is 18.5 Å². The summed E-state index contributed by atoms with van der Waals surface area (Å²) in [4.78, 5) is 17.1. The summed E-state index contributed by atoms with van der Waals surface area (Å²) in [6.45, 7) is 5.47. The lowest BCUT2D eigenvalue weighted by Crippen LogP contribution is -2.45. The molecule has 2 heterocycles. The molecule has 180 valence electrons. The quantitative estimate of drug-likeness (QED) is 0.485. The molecule has 1 saturated heterocycles. The summed E-state index contributed by atoms with van der Waals surface area (Å²) < 4.78 is 24.9. The Bertz CT molecular complexity index is 1120. The Hall–Kier alpha value is -3.11. The molecule has 2 aromatic carbocycles. The summed E-state index contributed by atoms with van der Waals surface area (Å²) in [6, 6.07) is 11.7. The number of halogens is 1. The van der Waals surface area contributed by atoms with E-state index in [2.05, 4.69) is 32.4 Å². The van der Waals surface area contributed by atoms with E-state index in [1.807, 2.05) is 31.2 Å². The van der Waals surface area contributed by atoms with E-state index in [1.54, 1.807) is 13.2 Å². The number of hydrogen-bond donors (Lipinski definition) is 1. The van der Waals surface area contributed by atoms with Crippen LogP contribution in [0, 0.1) is 5.82 Å². The monoisotopic (exact) mass is 485 g/mol. The second kappa shape index (κ2) is 10.9. The number of rotatable bonds is 8. The van der Waals surface area contributed by atoms with Gasteiger partial charge in [-0.25, -0.2) is 4.39 Å². The van der Waals surface area contributed by atoms with Gasteiger partial charge in [-0.05, 0) is 56.4 Å². The first kappa shape index (κ1) is 24.0. The second-order valence-electron chi connectivity index (χ2n) is 8.17. The summed E-state index contributed by atoms with van der Waals surface area (Å²) in [6.07, 6.45) is 0. The van der Waals surface area contributed by atoms with Crippen LogP contribution in [0.5, 0.6) is 5.75 Å². The average molecular weight is 486 g/mol. The Morgan fingerprint density at radius 1 is 1.18 bits per heavy atom. The number of nitrogens with zero attached hydrogens (tertiary/aromatic N) is 4. The van der Waals surface area contributed by atoms with Crippen LogP contribution in [0.15, 0.2) is 52.1 Å². The number of hydrogen-bond acceptors (Lipinski definition) is 8. The number of piperazine rings is 1. The van der Waals surface area contributed by atoms with Crippen LogP contribution in [0.4, 0.5) is 10.1 Å². The molecule has 1 atom stereocenters. The van der Waals surface area contributed by atoms with Crippen molar-refractivity contribution < 1.29 is 18.3 Å². The lowest BCUT2D eigenvalue weighted by atomic mass is 10.0. The van der Waals surface area contributed by atoms with Crippen LogP contribution >= 0.6 is 11.8 Å². The van der Waals surface area contributed by atoms with Gasteiger partial charge in [0.25, 0.3) is 5.22 Å². The van der Waals surface area contributed by atoms with E-state index in [0.717, 1.165) is 60.5 Å². The Morgan fingerprint density at radius 2 is 1.91 bits per heavy atom. The molecule has 1 aliphatic rings.